The van der Waals surface area contributed by atoms with Crippen LogP contribution in [0, 0.1) is 11.8 Å². The van der Waals surface area contributed by atoms with E-state index >= 15 is 0 Å². The van der Waals surface area contributed by atoms with Gasteiger partial charge < -0.3 is 15.1 Å². The number of aliphatic hydroxyl groups excluding tert-OH is 1. The van der Waals surface area contributed by atoms with Crippen molar-refractivity contribution in [1.82, 2.24) is 4.90 Å². The van der Waals surface area contributed by atoms with Crippen LogP contribution in [0.1, 0.15) is 39.0 Å². The summed E-state index contributed by atoms with van der Waals surface area (Å²) in [5.41, 5.74) is 0. The van der Waals surface area contributed by atoms with E-state index in [9.17, 15) is 9.59 Å². The number of aliphatic hydroxyl groups is 1. The second-order valence-corrected chi connectivity index (χ2v) is 4.94. The molecule has 1 saturated carbocycles. The number of carboxylic acids is 1. The van der Waals surface area contributed by atoms with Crippen LogP contribution in [0.2, 0.25) is 0 Å². The molecule has 0 aromatic rings. The highest BCUT2D eigenvalue weighted by Crippen LogP contribution is 2.30. The third-order valence-electron chi connectivity index (χ3n) is 3.60. The number of carbonyl (C=O) groups excluding carboxylic acids is 1. The summed E-state index contributed by atoms with van der Waals surface area (Å²) < 4.78 is 0. The molecule has 2 N–H and O–H groups in total. The molecule has 1 rings (SSSR count). The number of aliphatic carboxylic acids is 1. The van der Waals surface area contributed by atoms with Crippen LogP contribution in [0.5, 0.6) is 0 Å². The maximum Gasteiger partial charge on any atom is 0.306 e. The third kappa shape index (κ3) is 3.98. The van der Waals surface area contributed by atoms with Crippen LogP contribution in [-0.4, -0.2) is 46.7 Å². The van der Waals surface area contributed by atoms with Crippen molar-refractivity contribution in [2.24, 2.45) is 11.8 Å². The number of nitrogens with zero attached hydrogens (tertiary/aromatic N) is 1. The van der Waals surface area contributed by atoms with Crippen molar-refractivity contribution in [2.45, 2.75) is 39.0 Å². The maximum atomic E-state index is 12.2. The molecule has 0 atom stereocenters. The lowest BCUT2D eigenvalue weighted by Gasteiger charge is -2.30. The van der Waals surface area contributed by atoms with Crippen LogP contribution < -0.4 is 0 Å². The highest BCUT2D eigenvalue weighted by atomic mass is 16.4. The molecule has 0 aromatic carbocycles. The fraction of sp³-hybridized carbons (Fsp3) is 0.846. The summed E-state index contributed by atoms with van der Waals surface area (Å²) in [5.74, 6) is -1.01. The zero-order chi connectivity index (χ0) is 13.5. The predicted molar refractivity (Wildman–Crippen MR) is 67.0 cm³/mol. The van der Waals surface area contributed by atoms with Gasteiger partial charge in [0.15, 0.2) is 0 Å². The maximum absolute atomic E-state index is 12.2. The monoisotopic (exact) mass is 257 g/mol. The Morgan fingerprint density at radius 3 is 2.11 bits per heavy atom. The molecule has 104 valence electrons. The van der Waals surface area contributed by atoms with Gasteiger partial charge in [0.1, 0.15) is 0 Å². The van der Waals surface area contributed by atoms with Gasteiger partial charge >= 0.3 is 5.97 Å². The van der Waals surface area contributed by atoms with Crippen LogP contribution in [0.15, 0.2) is 0 Å². The fourth-order valence-corrected chi connectivity index (χ4v) is 2.57. The molecule has 5 nitrogen and oxygen atoms in total. The minimum absolute atomic E-state index is 0.0176. The Kier molecular flexibility index (Phi) is 6.12. The Hall–Kier alpha value is -1.10. The van der Waals surface area contributed by atoms with E-state index < -0.39 is 5.97 Å². The van der Waals surface area contributed by atoms with Crippen LogP contribution >= 0.6 is 0 Å². The van der Waals surface area contributed by atoms with Gasteiger partial charge in [-0.25, -0.2) is 0 Å². The molecular weight excluding hydrogens is 234 g/mol. The van der Waals surface area contributed by atoms with Crippen molar-refractivity contribution in [3.8, 4) is 0 Å². The Labute approximate surface area is 108 Å². The number of hydrogen-bond donors (Lipinski definition) is 2. The number of hydrogen-bond acceptors (Lipinski definition) is 3. The Morgan fingerprint density at radius 2 is 1.67 bits per heavy atom. The zero-order valence-corrected chi connectivity index (χ0v) is 11.0. The van der Waals surface area contributed by atoms with Gasteiger partial charge in [0.2, 0.25) is 5.91 Å². The van der Waals surface area contributed by atoms with E-state index in [0.717, 1.165) is 6.42 Å². The van der Waals surface area contributed by atoms with E-state index in [-0.39, 0.29) is 24.3 Å². The van der Waals surface area contributed by atoms with E-state index in [2.05, 4.69) is 0 Å². The number of carboxylic acid groups (broad SMARTS) is 1. The normalized spacial score (nSPS) is 23.7. The van der Waals surface area contributed by atoms with Crippen LogP contribution in [0.3, 0.4) is 0 Å². The first-order valence-electron chi connectivity index (χ1n) is 6.72. The van der Waals surface area contributed by atoms with Crippen molar-refractivity contribution >= 4 is 11.9 Å². The van der Waals surface area contributed by atoms with Crippen LogP contribution in [0.4, 0.5) is 0 Å². The van der Waals surface area contributed by atoms with Gasteiger partial charge in [-0.2, -0.15) is 0 Å². The second-order valence-electron chi connectivity index (χ2n) is 4.94. The molecule has 5 heteroatoms. The van der Waals surface area contributed by atoms with Gasteiger partial charge in [0, 0.05) is 19.0 Å². The van der Waals surface area contributed by atoms with E-state index in [1.807, 2.05) is 6.92 Å². The average molecular weight is 257 g/mol. The van der Waals surface area contributed by atoms with Crippen molar-refractivity contribution < 1.29 is 19.8 Å². The predicted octanol–water partition coefficient (Wildman–Crippen LogP) is 1.11. The molecule has 1 amide bonds. The molecule has 0 heterocycles. The number of rotatable bonds is 6. The van der Waals surface area contributed by atoms with Crippen LogP contribution in [-0.2, 0) is 9.59 Å². The Bertz CT molecular complexity index is 279. The van der Waals surface area contributed by atoms with Gasteiger partial charge in [-0.05, 0) is 32.1 Å². The first kappa shape index (κ1) is 15.0. The van der Waals surface area contributed by atoms with Gasteiger partial charge in [0.05, 0.1) is 12.5 Å². The van der Waals surface area contributed by atoms with Gasteiger partial charge in [-0.3, -0.25) is 9.59 Å². The molecule has 0 spiro atoms. The first-order valence-corrected chi connectivity index (χ1v) is 6.72. The summed E-state index contributed by atoms with van der Waals surface area (Å²) in [5, 5.41) is 17.9. The van der Waals surface area contributed by atoms with Gasteiger partial charge in [-0.15, -0.1) is 0 Å². The average Bonchev–Trinajstić information content (AvgIpc) is 2.38. The molecule has 0 bridgehead atoms. The van der Waals surface area contributed by atoms with Crippen molar-refractivity contribution in [3.63, 3.8) is 0 Å². The van der Waals surface area contributed by atoms with Crippen LogP contribution in [0.25, 0.3) is 0 Å². The van der Waals surface area contributed by atoms with Gasteiger partial charge in [-0.1, -0.05) is 6.92 Å². The summed E-state index contributed by atoms with van der Waals surface area (Å²) in [6.45, 7) is 3.03. The molecule has 0 aromatic heterocycles. The van der Waals surface area contributed by atoms with E-state index in [4.69, 9.17) is 10.2 Å². The Morgan fingerprint density at radius 1 is 1.11 bits per heavy atom. The molecule has 0 saturated heterocycles. The molecule has 0 radical (unpaired) electrons. The lowest BCUT2D eigenvalue weighted by atomic mass is 9.81. The minimum Gasteiger partial charge on any atom is -0.481 e. The van der Waals surface area contributed by atoms with E-state index in [1.165, 1.54) is 0 Å². The topological polar surface area (TPSA) is 77.8 Å². The van der Waals surface area contributed by atoms with Crippen molar-refractivity contribution in [2.75, 3.05) is 19.7 Å². The standard InChI is InChI=1S/C13H23NO4/c1-2-7-14(8-9-15)12(16)10-3-5-11(6-4-10)13(17)18/h10-11,15H,2-9H2,1H3,(H,17,18). The summed E-state index contributed by atoms with van der Waals surface area (Å²) in [7, 11) is 0. The van der Waals surface area contributed by atoms with Crippen molar-refractivity contribution in [1.29, 1.82) is 0 Å². The molecular formula is C13H23NO4. The summed E-state index contributed by atoms with van der Waals surface area (Å²) in [4.78, 5) is 24.8. The molecule has 18 heavy (non-hydrogen) atoms. The molecule has 1 aliphatic carbocycles. The molecule has 0 unspecified atom stereocenters. The lowest BCUT2D eigenvalue weighted by molar-refractivity contribution is -0.145. The number of amides is 1. The second kappa shape index (κ2) is 7.36. The first-order chi connectivity index (χ1) is 8.60. The quantitative estimate of drug-likeness (QED) is 0.747. The highest BCUT2D eigenvalue weighted by Gasteiger charge is 2.31. The SMILES string of the molecule is CCCN(CCO)C(=O)C1CCC(C(=O)O)CC1. The minimum atomic E-state index is -0.748. The largest absolute Gasteiger partial charge is 0.481 e. The fourth-order valence-electron chi connectivity index (χ4n) is 2.57. The summed E-state index contributed by atoms with van der Waals surface area (Å²) in [6.07, 6.45) is 3.36. The molecule has 0 aliphatic heterocycles. The molecule has 1 fully saturated rings. The highest BCUT2D eigenvalue weighted by molar-refractivity contribution is 5.79. The van der Waals surface area contributed by atoms with E-state index in [1.54, 1.807) is 4.90 Å². The smallest absolute Gasteiger partial charge is 0.306 e. The summed E-state index contributed by atoms with van der Waals surface area (Å²) >= 11 is 0. The summed E-state index contributed by atoms with van der Waals surface area (Å²) in [6, 6.07) is 0. The number of carbonyl (C=O) groups is 2. The Balaban J connectivity index is 2.49. The third-order valence-corrected chi connectivity index (χ3v) is 3.60. The van der Waals surface area contributed by atoms with E-state index in [0.29, 0.717) is 38.8 Å². The zero-order valence-electron chi connectivity index (χ0n) is 11.0. The molecule has 1 aliphatic rings. The van der Waals surface area contributed by atoms with Gasteiger partial charge in [0.25, 0.3) is 0 Å². The van der Waals surface area contributed by atoms with Crippen molar-refractivity contribution in [3.05, 3.63) is 0 Å². The lowest BCUT2D eigenvalue weighted by Crippen LogP contribution is -2.40.